The van der Waals surface area contributed by atoms with Gasteiger partial charge in [-0.2, -0.15) is 20.5 Å². The van der Waals surface area contributed by atoms with Gasteiger partial charge in [0, 0.05) is 51.3 Å². The van der Waals surface area contributed by atoms with Crippen molar-refractivity contribution in [3.8, 4) is 0 Å². The molecular weight excluding hydrogens is 628 g/mol. The minimum Gasteiger partial charge on any atom is -0.469 e. The number of ether oxygens (including phenoxy) is 1. The van der Waals surface area contributed by atoms with Crippen LogP contribution in [0.4, 0.5) is 0 Å². The zero-order chi connectivity index (χ0) is 39.0. The summed E-state index contributed by atoms with van der Waals surface area (Å²) < 4.78 is 41.9. The number of hydroxylamine groups is 1. The van der Waals surface area contributed by atoms with E-state index in [9.17, 15) is 17.8 Å². The minimum absolute atomic E-state index is 0.0434. The Morgan fingerprint density at radius 2 is 1.17 bits per heavy atom. The molecule has 1 N–H and O–H groups in total. The van der Waals surface area contributed by atoms with Crippen molar-refractivity contribution in [1.82, 2.24) is 5.48 Å². The normalized spacial score (nSPS) is 14.6. The molecule has 0 aromatic carbocycles. The second kappa shape index (κ2) is 22.3. The number of rotatable bonds is 6. The van der Waals surface area contributed by atoms with E-state index < -0.39 is 46.0 Å². The van der Waals surface area contributed by atoms with Crippen LogP contribution >= 0.6 is 13.5 Å². The second-order valence-corrected chi connectivity index (χ2v) is 25.3. The lowest BCUT2D eigenvalue weighted by Crippen LogP contribution is -2.41. The Hall–Kier alpha value is 0.479. The third-order valence-corrected chi connectivity index (χ3v) is 14.8. The fraction of sp³-hybridized carbons (Fsp3) is 0.920. The first-order valence-electron chi connectivity index (χ1n) is 14.5. The van der Waals surface area contributed by atoms with E-state index in [1.165, 1.54) is 21.3 Å². The van der Waals surface area contributed by atoms with Gasteiger partial charge in [-0.15, -0.1) is 6.30 Å². The molecule has 0 aliphatic carbocycles. The fourth-order valence-electron chi connectivity index (χ4n) is 2.31. The molecule has 0 saturated heterocycles. The fourth-order valence-corrected chi connectivity index (χ4v) is 5.70. The highest BCUT2D eigenvalue weighted by Gasteiger charge is 2.42. The average molecular weight is 686 g/mol. The maximum absolute atomic E-state index is 12.4. The lowest BCUT2D eigenvalue weighted by Gasteiger charge is -2.39. The molecule has 0 aliphatic heterocycles. The van der Waals surface area contributed by atoms with Crippen LogP contribution in [0.25, 0.3) is 0 Å². The van der Waals surface area contributed by atoms with Crippen LogP contribution in [0, 0.1) is 5.41 Å². The van der Waals surface area contributed by atoms with Gasteiger partial charge in [0.15, 0.2) is 0 Å². The largest absolute Gasteiger partial charge is 0.469 e. The summed E-state index contributed by atoms with van der Waals surface area (Å²) in [6.45, 7) is 24.8. The summed E-state index contributed by atoms with van der Waals surface area (Å²) in [5, 5.41) is -0.488. The van der Waals surface area contributed by atoms with Gasteiger partial charge < -0.3 is 14.1 Å². The van der Waals surface area contributed by atoms with Gasteiger partial charge in [-0.1, -0.05) is 41.5 Å². The topological polar surface area (TPSA) is 108 Å². The summed E-state index contributed by atoms with van der Waals surface area (Å²) in [5.74, 6) is -0.169. The Bertz CT molecular complexity index is 1050. The summed E-state index contributed by atoms with van der Waals surface area (Å²) in [6.07, 6.45) is 2.20. The molecule has 0 fully saturated rings. The molecule has 21 heteroatoms. The van der Waals surface area contributed by atoms with Gasteiger partial charge in [0.25, 0.3) is 10.1 Å². The Kier molecular flexibility index (Phi) is 27.1. The van der Waals surface area contributed by atoms with Crippen molar-refractivity contribution in [2.24, 2.45) is 5.41 Å². The predicted octanol–water partition coefficient (Wildman–Crippen LogP) is 3.33. The third kappa shape index (κ3) is 23.8. The molecule has 2 atom stereocenters. The maximum atomic E-state index is 12.4. The Morgan fingerprint density at radius 3 is 1.20 bits per heavy atom. The van der Waals surface area contributed by atoms with E-state index in [0.717, 1.165) is 0 Å². The molecule has 0 saturated carbocycles. The van der Waals surface area contributed by atoms with Crippen LogP contribution in [-0.2, 0) is 33.2 Å². The minimum atomic E-state index is -3.34. The molecule has 0 aromatic heterocycles. The molecule has 0 bridgehead atoms. The van der Waals surface area contributed by atoms with Gasteiger partial charge in [-0.3, -0.25) is 8.98 Å². The molecule has 250 valence electrons. The van der Waals surface area contributed by atoms with E-state index in [0.29, 0.717) is 0 Å². The van der Waals surface area contributed by atoms with Crippen molar-refractivity contribution in [2.45, 2.75) is 124 Å². The number of hydrogen-bond acceptors (Lipinski definition) is 8. The first-order valence-corrected chi connectivity index (χ1v) is 19.9. The SMILES string of the molecule is COC(=O)C(C)(C)C.CONC(C)(C)C.COS(=O)(=O)C(C)(C)C.[B][B]B([B])P(=O)(B([B])[B])C(C)(C)C.[B][B]P([B])(=C)C(C)(C)C. The number of nitrogens with one attached hydrogen (secondary N) is 1. The van der Waals surface area contributed by atoms with Gasteiger partial charge in [-0.25, -0.2) is 0 Å². The quantitative estimate of drug-likeness (QED) is 0.149. The molecule has 2 unspecified atom stereocenters. The molecule has 14 radical (unpaired) electrons. The first kappa shape index (κ1) is 55.9. The lowest BCUT2D eigenvalue weighted by atomic mass is 9.18. The molecule has 0 aromatic rings. The highest BCUT2D eigenvalue weighted by molar-refractivity contribution is 8.33. The molecule has 0 aliphatic rings. The maximum Gasteiger partial charge on any atom is 0.310 e. The van der Waals surface area contributed by atoms with E-state index in [1.54, 1.807) is 55.5 Å². The molecule has 0 amide bonds. The van der Waals surface area contributed by atoms with E-state index in [-0.39, 0.29) is 22.1 Å². The van der Waals surface area contributed by atoms with Crippen LogP contribution in [0.2, 0.25) is 0 Å². The van der Waals surface area contributed by atoms with Crippen LogP contribution in [0.1, 0.15) is 104 Å². The Morgan fingerprint density at radius 1 is 0.804 bits per heavy atom. The van der Waals surface area contributed by atoms with Crippen LogP contribution in [-0.4, -0.2) is 135 Å². The summed E-state index contributed by atoms with van der Waals surface area (Å²) in [6, 6.07) is 0. The molecule has 0 heterocycles. The number of hydrogen-bond donors (Lipinski definition) is 1. The third-order valence-electron chi connectivity index (χ3n) is 5.82. The highest BCUT2D eigenvalue weighted by Crippen LogP contribution is 2.58. The standard InChI is InChI=1S/C6H12O2.C5H11B3P.C5H13NO.C5H12O3S.C4H9B7OP/c1-6(2,3)5(7)8-4;1-5(2,3)9(4,7)8-6;1-5(2,3)6-7-4;1-5(2,3)9(6,7)8-4;1-4(2,3)13(12,10(6)7)11(8)9-5/h1-4H3;4H2,1-3H3;6H,1-4H3;1-4H3;1-3H3. The van der Waals surface area contributed by atoms with Crippen molar-refractivity contribution in [3.05, 3.63) is 0 Å². The van der Waals surface area contributed by atoms with Crippen LogP contribution < -0.4 is 5.48 Å². The highest BCUT2D eigenvalue weighted by atomic mass is 32.2. The Balaban J connectivity index is -0.000000155. The smallest absolute Gasteiger partial charge is 0.310 e. The van der Waals surface area contributed by atoms with Crippen molar-refractivity contribution >= 4 is 109 Å². The van der Waals surface area contributed by atoms with Crippen LogP contribution in [0.5, 0.6) is 0 Å². The zero-order valence-electron chi connectivity index (χ0n) is 32.1. The van der Waals surface area contributed by atoms with Crippen molar-refractivity contribution in [3.63, 3.8) is 0 Å². The predicted molar refractivity (Wildman–Crippen MR) is 216 cm³/mol. The van der Waals surface area contributed by atoms with Gasteiger partial charge >= 0.3 is 5.97 Å². The first-order chi connectivity index (χ1) is 19.8. The molecule has 46 heavy (non-hydrogen) atoms. The van der Waals surface area contributed by atoms with E-state index >= 15 is 0 Å². The molecular formula is C25H57B10NO7P2S. The zero-order valence-corrected chi connectivity index (χ0v) is 34.7. The van der Waals surface area contributed by atoms with E-state index in [2.05, 4.69) is 46.3 Å². The van der Waals surface area contributed by atoms with Crippen molar-refractivity contribution < 1.29 is 31.5 Å². The van der Waals surface area contributed by atoms with E-state index in [1.807, 2.05) is 41.5 Å². The summed E-state index contributed by atoms with van der Waals surface area (Å²) in [7, 11) is 35.1. The summed E-state index contributed by atoms with van der Waals surface area (Å²) >= 11 is 0. The number of methoxy groups -OCH3 is 1. The van der Waals surface area contributed by atoms with Gasteiger partial charge in [0.05, 0.1) is 45.9 Å². The molecule has 0 rings (SSSR count). The van der Waals surface area contributed by atoms with Gasteiger partial charge in [0.2, 0.25) is 0 Å². The van der Waals surface area contributed by atoms with Crippen molar-refractivity contribution in [1.29, 1.82) is 0 Å². The summed E-state index contributed by atoms with van der Waals surface area (Å²) in [4.78, 5) is 15.3. The number of carbonyl (C=O) groups is 1. The van der Waals surface area contributed by atoms with Gasteiger partial charge in [-0.05, 0) is 79.5 Å². The molecule has 8 nitrogen and oxygen atoms in total. The monoisotopic (exact) mass is 687 g/mol. The van der Waals surface area contributed by atoms with Crippen molar-refractivity contribution in [2.75, 3.05) is 21.3 Å². The number of esters is 1. The molecule has 0 spiro atoms. The second-order valence-electron chi connectivity index (χ2n) is 15.3. The summed E-state index contributed by atoms with van der Waals surface area (Å²) in [5.41, 5.74) is 2.51. The van der Waals surface area contributed by atoms with Crippen LogP contribution in [0.3, 0.4) is 0 Å². The Labute approximate surface area is 295 Å². The van der Waals surface area contributed by atoms with E-state index in [4.69, 9.17) is 46.3 Å². The number of carbonyl (C=O) groups excluding carboxylic acids is 1. The van der Waals surface area contributed by atoms with Gasteiger partial charge in [0.1, 0.15) is 12.4 Å². The lowest BCUT2D eigenvalue weighted by molar-refractivity contribution is -0.149. The van der Waals surface area contributed by atoms with Crippen LogP contribution in [0.15, 0.2) is 0 Å². The average Bonchev–Trinajstić information content (AvgIpc) is 2.85.